The lowest BCUT2D eigenvalue weighted by Crippen LogP contribution is -2.10. The summed E-state index contributed by atoms with van der Waals surface area (Å²) in [6.07, 6.45) is 14.1. The Labute approximate surface area is 168 Å². The van der Waals surface area contributed by atoms with Gasteiger partial charge in [-0.05, 0) is 31.6 Å². The second-order valence-electron chi connectivity index (χ2n) is 7.46. The zero-order valence-corrected chi connectivity index (χ0v) is 17.3. The number of hydrogen-bond acceptors (Lipinski definition) is 3. The van der Waals surface area contributed by atoms with Crippen LogP contribution in [-0.2, 0) is 9.59 Å². The van der Waals surface area contributed by atoms with E-state index in [1.807, 2.05) is 12.2 Å². The van der Waals surface area contributed by atoms with Crippen LogP contribution in [0.25, 0.3) is 0 Å². The molecule has 1 aliphatic rings. The monoisotopic (exact) mass is 396 g/mol. The van der Waals surface area contributed by atoms with Crippen molar-refractivity contribution in [3.05, 3.63) is 34.9 Å². The second kappa shape index (κ2) is 12.9. The Morgan fingerprint density at radius 1 is 1.30 bits per heavy atom. The number of rotatable bonds is 13. The van der Waals surface area contributed by atoms with Crippen LogP contribution in [0.15, 0.2) is 34.9 Å². The first kappa shape index (κ1) is 23.6. The number of halogens is 1. The number of carbonyl (C=O) groups excluding carboxylic acids is 1. The van der Waals surface area contributed by atoms with Crippen molar-refractivity contribution in [2.75, 3.05) is 0 Å². The van der Waals surface area contributed by atoms with Gasteiger partial charge in [0.15, 0.2) is 0 Å². The fraction of sp³-hybridized carbons (Fsp3) is 0.636. The molecule has 1 rings (SSSR count). The Morgan fingerprint density at radius 3 is 2.70 bits per heavy atom. The van der Waals surface area contributed by atoms with Crippen molar-refractivity contribution in [1.82, 2.24) is 0 Å². The number of allylic oxidation sites excluding steroid dienone is 5. The highest BCUT2D eigenvalue weighted by molar-refractivity contribution is 6.46. The van der Waals surface area contributed by atoms with Crippen LogP contribution < -0.4 is 0 Å². The Morgan fingerprint density at radius 2 is 2.04 bits per heavy atom. The van der Waals surface area contributed by atoms with Crippen molar-refractivity contribution >= 4 is 23.4 Å². The third kappa shape index (κ3) is 9.39. The summed E-state index contributed by atoms with van der Waals surface area (Å²) in [5, 5.41) is 19.1. The van der Waals surface area contributed by atoms with Gasteiger partial charge in [0.25, 0.3) is 0 Å². The van der Waals surface area contributed by atoms with Crippen LogP contribution in [-0.4, -0.2) is 28.1 Å². The number of unbranched alkanes of at least 4 members (excludes halogenated alkanes) is 4. The summed E-state index contributed by atoms with van der Waals surface area (Å²) in [6.45, 7) is 4.31. The van der Waals surface area contributed by atoms with E-state index in [0.29, 0.717) is 17.9 Å². The van der Waals surface area contributed by atoms with E-state index < -0.39 is 12.1 Å². The number of aliphatic hydroxyl groups excluding tert-OH is 1. The largest absolute Gasteiger partial charge is 0.481 e. The summed E-state index contributed by atoms with van der Waals surface area (Å²) >= 11 is 6.02. The van der Waals surface area contributed by atoms with E-state index in [1.165, 1.54) is 6.42 Å². The van der Waals surface area contributed by atoms with Crippen LogP contribution in [0.3, 0.4) is 0 Å². The first-order chi connectivity index (χ1) is 12.8. The van der Waals surface area contributed by atoms with Gasteiger partial charge in [0.05, 0.1) is 11.1 Å². The molecule has 0 aliphatic heterocycles. The maximum absolute atomic E-state index is 12.2. The molecule has 4 nitrogen and oxygen atoms in total. The molecule has 0 radical (unpaired) electrons. The van der Waals surface area contributed by atoms with Gasteiger partial charge < -0.3 is 10.2 Å². The predicted octanol–water partition coefficient (Wildman–Crippen LogP) is 5.40. The Bertz CT molecular complexity index is 577. The van der Waals surface area contributed by atoms with Gasteiger partial charge in [0.1, 0.15) is 0 Å². The fourth-order valence-corrected chi connectivity index (χ4v) is 3.51. The predicted molar refractivity (Wildman–Crippen MR) is 110 cm³/mol. The van der Waals surface area contributed by atoms with Crippen LogP contribution in [0.5, 0.6) is 0 Å². The van der Waals surface area contributed by atoms with Gasteiger partial charge >= 0.3 is 5.97 Å². The van der Waals surface area contributed by atoms with Crippen LogP contribution in [0.1, 0.15) is 71.6 Å². The standard InChI is InChI=1S/C22H33ClO4/c1-3-4-9-16(2)14-18(24)13-12-17-15-20(23)22(27)19(17)10-7-5-6-8-11-21(25)26/h10,12-13,15-18,24H,3-9,11,14H2,1-2H3,(H,25,26)/b13-12+,19-10-. The van der Waals surface area contributed by atoms with E-state index in [1.54, 1.807) is 12.2 Å². The van der Waals surface area contributed by atoms with Gasteiger partial charge in [0.2, 0.25) is 5.78 Å². The number of hydrogen-bond donors (Lipinski definition) is 2. The van der Waals surface area contributed by atoms with Crippen molar-refractivity contribution in [3.63, 3.8) is 0 Å². The van der Waals surface area contributed by atoms with E-state index >= 15 is 0 Å². The second-order valence-corrected chi connectivity index (χ2v) is 7.86. The molecule has 0 aromatic heterocycles. The molecular formula is C22H33ClO4. The molecule has 0 heterocycles. The molecule has 0 saturated heterocycles. The minimum Gasteiger partial charge on any atom is -0.481 e. The lowest BCUT2D eigenvalue weighted by Gasteiger charge is -2.14. The number of ketones is 1. The molecule has 0 spiro atoms. The molecule has 0 aromatic carbocycles. The third-order valence-electron chi connectivity index (χ3n) is 4.86. The molecule has 0 bridgehead atoms. The molecule has 0 amide bonds. The van der Waals surface area contributed by atoms with Crippen LogP contribution in [0.4, 0.5) is 0 Å². The van der Waals surface area contributed by atoms with E-state index in [2.05, 4.69) is 13.8 Å². The third-order valence-corrected chi connectivity index (χ3v) is 5.16. The number of aliphatic carboxylic acids is 1. The SMILES string of the molecule is CCCCC(C)CC(O)/C=C/C1C=C(Cl)C(=O)/C1=C\CCCCCC(=O)O. The van der Waals surface area contributed by atoms with Gasteiger partial charge in [0, 0.05) is 17.9 Å². The zero-order chi connectivity index (χ0) is 20.2. The van der Waals surface area contributed by atoms with Crippen LogP contribution >= 0.6 is 11.6 Å². The summed E-state index contributed by atoms with van der Waals surface area (Å²) in [5.41, 5.74) is 0.653. The van der Waals surface area contributed by atoms with Gasteiger partial charge in [-0.1, -0.05) is 75.4 Å². The Hall–Kier alpha value is -1.39. The number of carbonyl (C=O) groups is 2. The number of carboxylic acid groups (broad SMARTS) is 1. The van der Waals surface area contributed by atoms with Crippen LogP contribution in [0, 0.1) is 11.8 Å². The van der Waals surface area contributed by atoms with Gasteiger partial charge in [-0.3, -0.25) is 9.59 Å². The molecule has 1 aliphatic carbocycles. The molecule has 152 valence electrons. The van der Waals surface area contributed by atoms with E-state index in [9.17, 15) is 14.7 Å². The smallest absolute Gasteiger partial charge is 0.303 e. The number of Topliss-reactive ketones (excluding diaryl/α,β-unsaturated/α-hetero) is 1. The normalized spacial score (nSPS) is 21.0. The summed E-state index contributed by atoms with van der Waals surface area (Å²) < 4.78 is 0. The summed E-state index contributed by atoms with van der Waals surface area (Å²) in [4.78, 5) is 22.7. The fourth-order valence-electron chi connectivity index (χ4n) is 3.26. The highest BCUT2D eigenvalue weighted by Crippen LogP contribution is 2.31. The molecule has 5 heteroatoms. The molecular weight excluding hydrogens is 364 g/mol. The maximum Gasteiger partial charge on any atom is 0.303 e. The highest BCUT2D eigenvalue weighted by Gasteiger charge is 2.27. The van der Waals surface area contributed by atoms with Crippen molar-refractivity contribution in [1.29, 1.82) is 0 Å². The minimum absolute atomic E-state index is 0.150. The number of carboxylic acids is 1. The molecule has 2 N–H and O–H groups in total. The summed E-state index contributed by atoms with van der Waals surface area (Å²) in [7, 11) is 0. The van der Waals surface area contributed by atoms with Gasteiger partial charge in [-0.2, -0.15) is 0 Å². The van der Waals surface area contributed by atoms with Gasteiger partial charge in [-0.15, -0.1) is 0 Å². The van der Waals surface area contributed by atoms with E-state index in [4.69, 9.17) is 16.7 Å². The highest BCUT2D eigenvalue weighted by atomic mass is 35.5. The van der Waals surface area contributed by atoms with Gasteiger partial charge in [-0.25, -0.2) is 0 Å². The minimum atomic E-state index is -0.775. The zero-order valence-electron chi connectivity index (χ0n) is 16.5. The Kier molecular flexibility index (Phi) is 11.3. The summed E-state index contributed by atoms with van der Waals surface area (Å²) in [6, 6.07) is 0. The molecule has 0 aromatic rings. The van der Waals surface area contributed by atoms with Crippen LogP contribution in [0.2, 0.25) is 0 Å². The average Bonchev–Trinajstić information content (AvgIpc) is 2.88. The lowest BCUT2D eigenvalue weighted by molar-refractivity contribution is -0.137. The molecule has 0 fully saturated rings. The molecule has 0 saturated carbocycles. The van der Waals surface area contributed by atoms with Crippen molar-refractivity contribution in [3.8, 4) is 0 Å². The average molecular weight is 397 g/mol. The molecule has 3 atom stereocenters. The van der Waals surface area contributed by atoms with Crippen molar-refractivity contribution in [2.45, 2.75) is 77.7 Å². The maximum atomic E-state index is 12.2. The topological polar surface area (TPSA) is 74.6 Å². The quantitative estimate of drug-likeness (QED) is 0.248. The van der Waals surface area contributed by atoms with E-state index in [-0.39, 0.29) is 23.2 Å². The molecule has 3 unspecified atom stereocenters. The first-order valence-corrected chi connectivity index (χ1v) is 10.4. The number of aliphatic hydroxyl groups is 1. The lowest BCUT2D eigenvalue weighted by atomic mass is 9.95. The first-order valence-electron chi connectivity index (χ1n) is 10.0. The van der Waals surface area contributed by atoms with Crippen molar-refractivity contribution in [2.24, 2.45) is 11.8 Å². The molecule has 27 heavy (non-hydrogen) atoms. The van der Waals surface area contributed by atoms with Crippen molar-refractivity contribution < 1.29 is 19.8 Å². The Balaban J connectivity index is 2.54. The summed E-state index contributed by atoms with van der Waals surface area (Å²) in [5.74, 6) is -0.648. The van der Waals surface area contributed by atoms with E-state index in [0.717, 1.165) is 38.5 Å².